The number of hydrogen-bond donors (Lipinski definition) is 0. The summed E-state index contributed by atoms with van der Waals surface area (Å²) in [4.78, 5) is 27.7. The van der Waals surface area contributed by atoms with E-state index in [1.165, 1.54) is 18.2 Å². The zero-order chi connectivity index (χ0) is 17.0. The van der Waals surface area contributed by atoms with Crippen molar-refractivity contribution >= 4 is 23.4 Å². The molecule has 0 radical (unpaired) electrons. The third-order valence-corrected chi connectivity index (χ3v) is 4.50. The van der Waals surface area contributed by atoms with Crippen molar-refractivity contribution in [1.29, 1.82) is 0 Å². The molecule has 1 aliphatic heterocycles. The molecule has 6 heteroatoms. The lowest BCUT2D eigenvalue weighted by Crippen LogP contribution is -2.56. The van der Waals surface area contributed by atoms with Gasteiger partial charge in [-0.2, -0.15) is 0 Å². The van der Waals surface area contributed by atoms with E-state index < -0.39 is 5.82 Å². The normalized spacial score (nSPS) is 18.0. The maximum absolute atomic E-state index is 13.9. The number of amides is 2. The third-order valence-electron chi connectivity index (χ3n) is 4.15. The van der Waals surface area contributed by atoms with Gasteiger partial charge in [-0.3, -0.25) is 9.59 Å². The van der Waals surface area contributed by atoms with Crippen molar-refractivity contribution in [3.63, 3.8) is 0 Å². The van der Waals surface area contributed by atoms with E-state index in [9.17, 15) is 14.0 Å². The van der Waals surface area contributed by atoms with Crippen LogP contribution in [0.15, 0.2) is 30.9 Å². The first-order valence-corrected chi connectivity index (χ1v) is 7.99. The van der Waals surface area contributed by atoms with E-state index in [0.717, 1.165) is 6.42 Å². The molecular formula is C17H20ClFN2O2. The van der Waals surface area contributed by atoms with Crippen LogP contribution >= 0.6 is 11.6 Å². The van der Waals surface area contributed by atoms with E-state index in [2.05, 4.69) is 6.58 Å². The molecule has 1 fully saturated rings. The molecule has 0 aromatic heterocycles. The molecule has 0 N–H and O–H groups in total. The van der Waals surface area contributed by atoms with Gasteiger partial charge in [-0.25, -0.2) is 4.39 Å². The molecule has 4 nitrogen and oxygen atoms in total. The van der Waals surface area contributed by atoms with Crippen LogP contribution < -0.4 is 0 Å². The maximum Gasteiger partial charge on any atom is 0.246 e. The largest absolute Gasteiger partial charge is 0.336 e. The highest BCUT2D eigenvalue weighted by Crippen LogP contribution is 2.22. The molecule has 23 heavy (non-hydrogen) atoms. The quantitative estimate of drug-likeness (QED) is 0.792. The van der Waals surface area contributed by atoms with Gasteiger partial charge in [-0.05, 0) is 24.6 Å². The second-order valence-electron chi connectivity index (χ2n) is 5.51. The topological polar surface area (TPSA) is 40.6 Å². The predicted octanol–water partition coefficient (Wildman–Crippen LogP) is 2.66. The van der Waals surface area contributed by atoms with E-state index in [0.29, 0.717) is 19.6 Å². The molecular weight excluding hydrogens is 319 g/mol. The summed E-state index contributed by atoms with van der Waals surface area (Å²) in [6.45, 7) is 6.81. The fourth-order valence-corrected chi connectivity index (χ4v) is 3.05. The lowest BCUT2D eigenvalue weighted by molar-refractivity contribution is -0.140. The lowest BCUT2D eigenvalue weighted by atomic mass is 10.1. The Balaban J connectivity index is 2.10. The first kappa shape index (κ1) is 17.5. The van der Waals surface area contributed by atoms with Crippen molar-refractivity contribution in [3.05, 3.63) is 47.3 Å². The van der Waals surface area contributed by atoms with Gasteiger partial charge in [0.05, 0.1) is 6.42 Å². The molecule has 2 rings (SSSR count). The van der Waals surface area contributed by atoms with E-state index in [1.807, 2.05) is 6.92 Å². The van der Waals surface area contributed by atoms with Gasteiger partial charge in [0.15, 0.2) is 0 Å². The zero-order valence-electron chi connectivity index (χ0n) is 13.1. The summed E-state index contributed by atoms with van der Waals surface area (Å²) >= 11 is 5.99. The van der Waals surface area contributed by atoms with Crippen molar-refractivity contribution < 1.29 is 14.0 Å². The fourth-order valence-electron chi connectivity index (χ4n) is 2.82. The number of nitrogens with zero attached hydrogens (tertiary/aromatic N) is 2. The van der Waals surface area contributed by atoms with Crippen LogP contribution in [0.1, 0.15) is 18.9 Å². The number of carbonyl (C=O) groups is 2. The van der Waals surface area contributed by atoms with Gasteiger partial charge >= 0.3 is 0 Å². The smallest absolute Gasteiger partial charge is 0.246 e. The Morgan fingerprint density at radius 1 is 1.43 bits per heavy atom. The van der Waals surface area contributed by atoms with Crippen molar-refractivity contribution in [3.8, 4) is 0 Å². The standard InChI is InChI=1S/C17H20ClFN2O2/c1-3-12-11-20(16(22)4-2)8-9-21(12)17(23)10-13-14(18)6-5-7-15(13)19/h4-7,12H,2-3,8-11H2,1H3. The average Bonchev–Trinajstić information content (AvgIpc) is 2.56. The molecule has 0 bridgehead atoms. The van der Waals surface area contributed by atoms with Crippen LogP contribution in [0, 0.1) is 5.82 Å². The van der Waals surface area contributed by atoms with Crippen LogP contribution in [0.25, 0.3) is 0 Å². The molecule has 1 atom stereocenters. The molecule has 1 saturated heterocycles. The summed E-state index contributed by atoms with van der Waals surface area (Å²) in [5, 5.41) is 0.256. The third kappa shape index (κ3) is 3.91. The van der Waals surface area contributed by atoms with E-state index in [4.69, 9.17) is 11.6 Å². The highest BCUT2D eigenvalue weighted by atomic mass is 35.5. The van der Waals surface area contributed by atoms with Crippen LogP contribution in [0.4, 0.5) is 4.39 Å². The first-order valence-electron chi connectivity index (χ1n) is 7.61. The van der Waals surface area contributed by atoms with Crippen LogP contribution in [-0.2, 0) is 16.0 Å². The van der Waals surface area contributed by atoms with Gasteiger partial charge in [0.25, 0.3) is 0 Å². The number of benzene rings is 1. The Hall–Kier alpha value is -1.88. The molecule has 1 aliphatic rings. The van der Waals surface area contributed by atoms with E-state index in [1.54, 1.807) is 15.9 Å². The number of halogens is 2. The molecule has 2 amide bonds. The summed E-state index contributed by atoms with van der Waals surface area (Å²) in [6.07, 6.45) is 1.93. The molecule has 0 spiro atoms. The second-order valence-corrected chi connectivity index (χ2v) is 5.92. The van der Waals surface area contributed by atoms with Gasteiger partial charge < -0.3 is 9.80 Å². The molecule has 124 valence electrons. The second kappa shape index (κ2) is 7.59. The molecule has 0 saturated carbocycles. The average molecular weight is 339 g/mol. The lowest BCUT2D eigenvalue weighted by Gasteiger charge is -2.41. The fraction of sp³-hybridized carbons (Fsp3) is 0.412. The number of carbonyl (C=O) groups excluding carboxylic acids is 2. The summed E-state index contributed by atoms with van der Waals surface area (Å²) in [5.74, 6) is -0.776. The maximum atomic E-state index is 13.9. The number of hydrogen-bond acceptors (Lipinski definition) is 2. The monoisotopic (exact) mass is 338 g/mol. The highest BCUT2D eigenvalue weighted by molar-refractivity contribution is 6.31. The van der Waals surface area contributed by atoms with Gasteiger partial charge in [-0.15, -0.1) is 0 Å². The Labute approximate surface area is 140 Å². The van der Waals surface area contributed by atoms with Crippen molar-refractivity contribution in [2.75, 3.05) is 19.6 Å². The number of rotatable bonds is 4. The predicted molar refractivity (Wildman–Crippen MR) is 87.7 cm³/mol. The van der Waals surface area contributed by atoms with Gasteiger partial charge in [0.1, 0.15) is 5.82 Å². The highest BCUT2D eigenvalue weighted by Gasteiger charge is 2.31. The molecule has 1 aromatic rings. The van der Waals surface area contributed by atoms with Crippen molar-refractivity contribution in [2.24, 2.45) is 0 Å². The van der Waals surface area contributed by atoms with Crippen molar-refractivity contribution in [2.45, 2.75) is 25.8 Å². The zero-order valence-corrected chi connectivity index (χ0v) is 13.9. The van der Waals surface area contributed by atoms with Gasteiger partial charge in [0, 0.05) is 36.3 Å². The summed E-state index contributed by atoms with van der Waals surface area (Å²) in [5.41, 5.74) is 0.221. The van der Waals surface area contributed by atoms with E-state index in [-0.39, 0.29) is 34.9 Å². The molecule has 0 aliphatic carbocycles. The summed E-state index contributed by atoms with van der Waals surface area (Å²) in [7, 11) is 0. The van der Waals surface area contributed by atoms with Crippen LogP contribution in [0.3, 0.4) is 0 Å². The summed E-state index contributed by atoms with van der Waals surface area (Å²) < 4.78 is 13.9. The van der Waals surface area contributed by atoms with Crippen LogP contribution in [0.5, 0.6) is 0 Å². The van der Waals surface area contributed by atoms with Crippen LogP contribution in [-0.4, -0.2) is 47.3 Å². The minimum Gasteiger partial charge on any atom is -0.336 e. The first-order chi connectivity index (χ1) is 11.0. The minimum absolute atomic E-state index is 0.0720. The Morgan fingerprint density at radius 3 is 2.78 bits per heavy atom. The summed E-state index contributed by atoms with van der Waals surface area (Å²) in [6, 6.07) is 4.31. The van der Waals surface area contributed by atoms with Crippen LogP contribution in [0.2, 0.25) is 5.02 Å². The number of piperazine rings is 1. The molecule has 1 aromatic carbocycles. The molecule has 1 heterocycles. The van der Waals surface area contributed by atoms with E-state index >= 15 is 0 Å². The molecule has 1 unspecified atom stereocenters. The SMILES string of the molecule is C=CC(=O)N1CCN(C(=O)Cc2c(F)cccc2Cl)C(CC)C1. The van der Waals surface area contributed by atoms with Crippen molar-refractivity contribution in [1.82, 2.24) is 9.80 Å². The Kier molecular flexibility index (Phi) is 5.77. The minimum atomic E-state index is -0.473. The van der Waals surface area contributed by atoms with Gasteiger partial charge in [0.2, 0.25) is 11.8 Å². The Bertz CT molecular complexity index is 600. The Morgan fingerprint density at radius 2 is 2.17 bits per heavy atom. The van der Waals surface area contributed by atoms with Gasteiger partial charge in [-0.1, -0.05) is 31.2 Å².